The molecule has 7 heteroatoms. The van der Waals surface area contributed by atoms with E-state index in [0.29, 0.717) is 5.01 Å². The van der Waals surface area contributed by atoms with Crippen molar-refractivity contribution >= 4 is 21.4 Å². The number of hydrogen-bond acceptors (Lipinski definition) is 5. The van der Waals surface area contributed by atoms with Gasteiger partial charge < -0.3 is 0 Å². The van der Waals surface area contributed by atoms with E-state index < -0.39 is 16.1 Å². The van der Waals surface area contributed by atoms with E-state index >= 15 is 0 Å². The SMILES string of the molecule is Cc1ncc(S(=O)(=O)NC(C#N)C2CCCCC2)s1. The van der Waals surface area contributed by atoms with E-state index in [1.807, 2.05) is 0 Å². The van der Waals surface area contributed by atoms with Crippen LogP contribution in [0.3, 0.4) is 0 Å². The molecule has 1 unspecified atom stereocenters. The van der Waals surface area contributed by atoms with Crippen molar-refractivity contribution in [1.82, 2.24) is 9.71 Å². The Morgan fingerprint density at radius 3 is 2.68 bits per heavy atom. The summed E-state index contributed by atoms with van der Waals surface area (Å²) in [5.74, 6) is 0.127. The lowest BCUT2D eigenvalue weighted by molar-refractivity contribution is 0.324. The quantitative estimate of drug-likeness (QED) is 0.924. The maximum absolute atomic E-state index is 12.2. The lowest BCUT2D eigenvalue weighted by Crippen LogP contribution is -2.39. The van der Waals surface area contributed by atoms with Gasteiger partial charge in [-0.1, -0.05) is 19.3 Å². The molecule has 1 aromatic rings. The lowest BCUT2D eigenvalue weighted by atomic mass is 9.85. The van der Waals surface area contributed by atoms with Gasteiger partial charge in [0.25, 0.3) is 10.0 Å². The third-order valence-corrected chi connectivity index (χ3v) is 6.22. The Kier molecular flexibility index (Phi) is 4.55. The summed E-state index contributed by atoms with van der Waals surface area (Å²) in [5, 5.41) is 9.91. The molecule has 1 fully saturated rings. The number of nitriles is 1. The molecule has 19 heavy (non-hydrogen) atoms. The summed E-state index contributed by atoms with van der Waals surface area (Å²) in [6.45, 7) is 1.76. The van der Waals surface area contributed by atoms with E-state index in [9.17, 15) is 13.7 Å². The van der Waals surface area contributed by atoms with Gasteiger partial charge in [-0.2, -0.15) is 9.98 Å². The first-order valence-electron chi connectivity index (χ1n) is 6.37. The first kappa shape index (κ1) is 14.4. The van der Waals surface area contributed by atoms with Gasteiger partial charge in [-0.3, -0.25) is 0 Å². The van der Waals surface area contributed by atoms with E-state index in [1.165, 1.54) is 12.6 Å². The predicted octanol–water partition coefficient (Wildman–Crippen LogP) is 2.20. The van der Waals surface area contributed by atoms with Crippen molar-refractivity contribution in [2.45, 2.75) is 49.3 Å². The maximum atomic E-state index is 12.2. The third kappa shape index (κ3) is 3.53. The predicted molar refractivity (Wildman–Crippen MR) is 73.1 cm³/mol. The third-order valence-electron chi connectivity index (χ3n) is 3.41. The van der Waals surface area contributed by atoms with Crippen LogP contribution in [0.25, 0.3) is 0 Å². The van der Waals surface area contributed by atoms with Gasteiger partial charge in [0.1, 0.15) is 6.04 Å². The molecule has 0 aliphatic heterocycles. The first-order chi connectivity index (χ1) is 9.03. The zero-order valence-electron chi connectivity index (χ0n) is 10.8. The summed E-state index contributed by atoms with van der Waals surface area (Å²) < 4.78 is 27.0. The van der Waals surface area contributed by atoms with Crippen LogP contribution in [-0.2, 0) is 10.0 Å². The average Bonchev–Trinajstić information content (AvgIpc) is 2.85. The fraction of sp³-hybridized carbons (Fsp3) is 0.667. The van der Waals surface area contributed by atoms with Crippen LogP contribution < -0.4 is 4.72 Å². The molecule has 0 saturated heterocycles. The fourth-order valence-corrected chi connectivity index (χ4v) is 4.72. The molecule has 1 aliphatic carbocycles. The van der Waals surface area contributed by atoms with Gasteiger partial charge in [-0.15, -0.1) is 11.3 Å². The van der Waals surface area contributed by atoms with Crippen molar-refractivity contribution in [3.63, 3.8) is 0 Å². The second kappa shape index (κ2) is 5.99. The molecule has 104 valence electrons. The molecule has 2 rings (SSSR count). The minimum absolute atomic E-state index is 0.127. The highest BCUT2D eigenvalue weighted by Gasteiger charge is 2.29. The summed E-state index contributed by atoms with van der Waals surface area (Å²) >= 11 is 1.12. The summed E-state index contributed by atoms with van der Waals surface area (Å²) in [5.41, 5.74) is 0. The highest BCUT2D eigenvalue weighted by Crippen LogP contribution is 2.27. The van der Waals surface area contributed by atoms with Gasteiger partial charge in [0.15, 0.2) is 4.21 Å². The van der Waals surface area contributed by atoms with E-state index in [1.54, 1.807) is 6.92 Å². The van der Waals surface area contributed by atoms with Crippen molar-refractivity contribution in [1.29, 1.82) is 5.26 Å². The number of rotatable bonds is 4. The fourth-order valence-electron chi connectivity index (χ4n) is 2.39. The van der Waals surface area contributed by atoms with Crippen LogP contribution in [0.2, 0.25) is 0 Å². The molecule has 5 nitrogen and oxygen atoms in total. The molecule has 0 aromatic carbocycles. The van der Waals surface area contributed by atoms with Gasteiger partial charge in [0, 0.05) is 0 Å². The molecule has 0 bridgehead atoms. The first-order valence-corrected chi connectivity index (χ1v) is 8.67. The van der Waals surface area contributed by atoms with Gasteiger partial charge in [0.05, 0.1) is 17.3 Å². The van der Waals surface area contributed by atoms with Crippen molar-refractivity contribution < 1.29 is 8.42 Å². The Hall–Kier alpha value is -0.970. The molecule has 0 amide bonds. The number of nitrogens with zero attached hydrogens (tertiary/aromatic N) is 2. The van der Waals surface area contributed by atoms with E-state index in [4.69, 9.17) is 0 Å². The summed E-state index contributed by atoms with van der Waals surface area (Å²) in [7, 11) is -3.62. The van der Waals surface area contributed by atoms with Crippen LogP contribution in [-0.4, -0.2) is 19.4 Å². The molecular formula is C12H17N3O2S2. The monoisotopic (exact) mass is 299 g/mol. The number of thiazole rings is 1. The van der Waals surface area contributed by atoms with Crippen LogP contribution in [0, 0.1) is 24.2 Å². The van der Waals surface area contributed by atoms with Gasteiger partial charge in [-0.05, 0) is 25.7 Å². The molecule has 1 aliphatic rings. The van der Waals surface area contributed by atoms with E-state index in [2.05, 4.69) is 15.8 Å². The van der Waals surface area contributed by atoms with Crippen molar-refractivity contribution in [2.24, 2.45) is 5.92 Å². The van der Waals surface area contributed by atoms with Gasteiger partial charge in [-0.25, -0.2) is 13.4 Å². The largest absolute Gasteiger partial charge is 0.252 e. The van der Waals surface area contributed by atoms with E-state index in [-0.39, 0.29) is 10.1 Å². The van der Waals surface area contributed by atoms with Crippen LogP contribution >= 0.6 is 11.3 Å². The summed E-state index contributed by atoms with van der Waals surface area (Å²) in [6, 6.07) is 1.47. The van der Waals surface area contributed by atoms with Crippen LogP contribution in [0.15, 0.2) is 10.4 Å². The molecule has 1 atom stereocenters. The number of aryl methyl sites for hydroxylation is 1. The lowest BCUT2D eigenvalue weighted by Gasteiger charge is -2.25. The number of nitrogens with one attached hydrogen (secondary N) is 1. The smallest absolute Gasteiger partial charge is 0.249 e. The van der Waals surface area contributed by atoms with Crippen molar-refractivity contribution in [3.05, 3.63) is 11.2 Å². The van der Waals surface area contributed by atoms with Gasteiger partial charge in [0.2, 0.25) is 0 Å². The Balaban J connectivity index is 2.11. The molecule has 1 N–H and O–H groups in total. The topological polar surface area (TPSA) is 82.8 Å². The van der Waals surface area contributed by atoms with E-state index in [0.717, 1.165) is 37.0 Å². The Morgan fingerprint density at radius 2 is 2.16 bits per heavy atom. The normalized spacial score (nSPS) is 18.9. The van der Waals surface area contributed by atoms with Crippen molar-refractivity contribution in [3.8, 4) is 6.07 Å². The highest BCUT2D eigenvalue weighted by atomic mass is 32.2. The molecular weight excluding hydrogens is 282 g/mol. The molecule has 0 spiro atoms. The van der Waals surface area contributed by atoms with Crippen molar-refractivity contribution in [2.75, 3.05) is 0 Å². The van der Waals surface area contributed by atoms with Crippen LogP contribution in [0.5, 0.6) is 0 Å². The molecule has 1 heterocycles. The number of sulfonamides is 1. The summed E-state index contributed by atoms with van der Waals surface area (Å²) in [6.07, 6.45) is 6.51. The zero-order chi connectivity index (χ0) is 13.9. The number of aromatic nitrogens is 1. The van der Waals surface area contributed by atoms with Crippen LogP contribution in [0.1, 0.15) is 37.1 Å². The molecule has 1 aromatic heterocycles. The average molecular weight is 299 g/mol. The zero-order valence-corrected chi connectivity index (χ0v) is 12.4. The maximum Gasteiger partial charge on any atom is 0.252 e. The Bertz CT molecular complexity index is 568. The molecule has 1 saturated carbocycles. The second-order valence-electron chi connectivity index (χ2n) is 4.82. The Morgan fingerprint density at radius 1 is 1.47 bits per heavy atom. The number of hydrogen-bond donors (Lipinski definition) is 1. The van der Waals surface area contributed by atoms with Crippen LogP contribution in [0.4, 0.5) is 0 Å². The highest BCUT2D eigenvalue weighted by molar-refractivity contribution is 7.91. The summed E-state index contributed by atoms with van der Waals surface area (Å²) in [4.78, 5) is 3.94. The molecule has 0 radical (unpaired) electrons. The minimum atomic E-state index is -3.62. The standard InChI is InChI=1S/C12H17N3O2S2/c1-9-14-8-12(18-9)19(16,17)15-11(7-13)10-5-3-2-4-6-10/h8,10-11,15H,2-6H2,1H3. The second-order valence-corrected chi connectivity index (χ2v) is 8.00. The van der Waals surface area contributed by atoms with Gasteiger partial charge >= 0.3 is 0 Å². The Labute approximate surface area is 117 Å². The minimum Gasteiger partial charge on any atom is -0.249 e.